The Hall–Kier alpha value is -0.520. The summed E-state index contributed by atoms with van der Waals surface area (Å²) in [7, 11) is 0. The van der Waals surface area contributed by atoms with Crippen LogP contribution >= 0.6 is 23.2 Å². The van der Waals surface area contributed by atoms with Crippen LogP contribution in [0.2, 0.25) is 10.0 Å². The lowest BCUT2D eigenvalue weighted by Crippen LogP contribution is -2.29. The second-order valence-corrected chi connectivity index (χ2v) is 3.59. The van der Waals surface area contributed by atoms with E-state index in [2.05, 4.69) is 0 Å². The molecule has 15 heavy (non-hydrogen) atoms. The molecule has 1 rings (SSSR count). The number of rotatable bonds is 1. The molecule has 1 aromatic rings. The first kappa shape index (κ1) is 12.5. The van der Waals surface area contributed by atoms with Crippen LogP contribution in [0.15, 0.2) is 12.1 Å². The molecule has 0 bridgehead atoms. The summed E-state index contributed by atoms with van der Waals surface area (Å²) in [6.07, 6.45) is -4.77. The summed E-state index contributed by atoms with van der Waals surface area (Å²) in [5.74, 6) is -1.24. The minimum atomic E-state index is -4.77. The fourth-order valence-electron chi connectivity index (χ4n) is 0.992. The summed E-state index contributed by atoms with van der Waals surface area (Å²) in [5, 5.41) is -0.851. The van der Waals surface area contributed by atoms with Gasteiger partial charge >= 0.3 is 6.18 Å². The lowest BCUT2D eigenvalue weighted by Gasteiger charge is -2.18. The van der Waals surface area contributed by atoms with Gasteiger partial charge in [0, 0.05) is 10.6 Å². The topological polar surface area (TPSA) is 26.0 Å². The highest BCUT2D eigenvalue weighted by atomic mass is 35.5. The van der Waals surface area contributed by atoms with Gasteiger partial charge in [0.1, 0.15) is 11.9 Å². The number of hydrogen-bond donors (Lipinski definition) is 1. The zero-order valence-corrected chi connectivity index (χ0v) is 8.59. The van der Waals surface area contributed by atoms with Gasteiger partial charge in [0.15, 0.2) is 0 Å². The summed E-state index contributed by atoms with van der Waals surface area (Å²) in [6, 6.07) is -0.358. The van der Waals surface area contributed by atoms with E-state index in [1.165, 1.54) is 0 Å². The Labute approximate surface area is 92.8 Å². The van der Waals surface area contributed by atoms with Crippen LogP contribution in [0.5, 0.6) is 0 Å². The van der Waals surface area contributed by atoms with Crippen molar-refractivity contribution in [2.75, 3.05) is 0 Å². The van der Waals surface area contributed by atoms with E-state index in [9.17, 15) is 17.6 Å². The van der Waals surface area contributed by atoms with Crippen LogP contribution in [0.25, 0.3) is 0 Å². The molecular formula is C8H5Cl2F4N. The molecular weight excluding hydrogens is 257 g/mol. The molecule has 0 fully saturated rings. The number of nitrogens with two attached hydrogens (primary N) is 1. The van der Waals surface area contributed by atoms with Gasteiger partial charge in [0.05, 0.1) is 5.02 Å². The molecule has 0 radical (unpaired) electrons. The first-order valence-corrected chi connectivity index (χ1v) is 4.46. The van der Waals surface area contributed by atoms with Gasteiger partial charge in [-0.1, -0.05) is 23.2 Å². The molecule has 0 aliphatic carbocycles. The molecule has 2 N–H and O–H groups in total. The van der Waals surface area contributed by atoms with Gasteiger partial charge in [-0.05, 0) is 12.1 Å². The Kier molecular flexibility index (Phi) is 3.48. The molecule has 1 nitrogen and oxygen atoms in total. The smallest absolute Gasteiger partial charge is 0.316 e. The van der Waals surface area contributed by atoms with E-state index in [0.717, 1.165) is 12.1 Å². The van der Waals surface area contributed by atoms with Crippen molar-refractivity contribution in [2.24, 2.45) is 5.73 Å². The van der Waals surface area contributed by atoms with Crippen molar-refractivity contribution in [3.05, 3.63) is 33.6 Å². The standard InChI is InChI=1S/C8H5Cl2F4N/c9-3-1-2-4(10)6(11)5(3)7(15)8(12,13)14/h1-2,7H,15H2/t7-/m1/s1. The number of alkyl halides is 3. The maximum Gasteiger partial charge on any atom is 0.407 e. The Morgan fingerprint density at radius 2 is 1.60 bits per heavy atom. The van der Waals surface area contributed by atoms with Gasteiger partial charge in [-0.25, -0.2) is 4.39 Å². The van der Waals surface area contributed by atoms with Crippen molar-refractivity contribution < 1.29 is 17.6 Å². The second-order valence-electron chi connectivity index (χ2n) is 2.78. The molecule has 0 unspecified atom stereocenters. The van der Waals surface area contributed by atoms with Gasteiger partial charge in [-0.2, -0.15) is 13.2 Å². The predicted molar refractivity (Wildman–Crippen MR) is 49.4 cm³/mol. The van der Waals surface area contributed by atoms with Crippen LogP contribution in [0, 0.1) is 5.82 Å². The molecule has 0 aliphatic heterocycles. The quantitative estimate of drug-likeness (QED) is 0.606. The van der Waals surface area contributed by atoms with E-state index in [-0.39, 0.29) is 0 Å². The number of halogens is 6. The van der Waals surface area contributed by atoms with Gasteiger partial charge in [-0.15, -0.1) is 0 Å². The van der Waals surface area contributed by atoms with E-state index in [0.29, 0.717) is 0 Å². The minimum absolute atomic E-state index is 0.401. The van der Waals surface area contributed by atoms with Crippen LogP contribution in [-0.2, 0) is 0 Å². The monoisotopic (exact) mass is 261 g/mol. The average molecular weight is 262 g/mol. The molecule has 0 aromatic heterocycles. The van der Waals surface area contributed by atoms with Gasteiger partial charge in [0.2, 0.25) is 0 Å². The predicted octanol–water partition coefficient (Wildman–Crippen LogP) is 3.69. The highest BCUT2D eigenvalue weighted by Crippen LogP contribution is 2.37. The third-order valence-electron chi connectivity index (χ3n) is 1.74. The van der Waals surface area contributed by atoms with E-state index < -0.39 is 33.6 Å². The van der Waals surface area contributed by atoms with E-state index in [1.54, 1.807) is 0 Å². The fourth-order valence-corrected chi connectivity index (χ4v) is 1.42. The summed E-state index contributed by atoms with van der Waals surface area (Å²) < 4.78 is 49.9. The summed E-state index contributed by atoms with van der Waals surface area (Å²) >= 11 is 10.7. The van der Waals surface area contributed by atoms with Crippen molar-refractivity contribution in [1.29, 1.82) is 0 Å². The molecule has 0 aliphatic rings. The van der Waals surface area contributed by atoms with E-state index >= 15 is 0 Å². The normalized spacial score (nSPS) is 14.1. The van der Waals surface area contributed by atoms with Crippen molar-refractivity contribution >= 4 is 23.2 Å². The molecule has 0 spiro atoms. The van der Waals surface area contributed by atoms with Gasteiger partial charge < -0.3 is 5.73 Å². The Morgan fingerprint density at radius 1 is 1.13 bits per heavy atom. The molecule has 7 heteroatoms. The second kappa shape index (κ2) is 4.15. The van der Waals surface area contributed by atoms with Crippen LogP contribution in [0.4, 0.5) is 17.6 Å². The minimum Gasteiger partial charge on any atom is -0.316 e. The molecule has 1 atom stereocenters. The third-order valence-corrected chi connectivity index (χ3v) is 2.36. The molecule has 0 amide bonds. The van der Waals surface area contributed by atoms with Crippen LogP contribution in [0.1, 0.15) is 11.6 Å². The number of hydrogen-bond acceptors (Lipinski definition) is 1. The SMILES string of the molecule is N[C@H](c1c(Cl)ccc(Cl)c1F)C(F)(F)F. The number of benzene rings is 1. The summed E-state index contributed by atoms with van der Waals surface area (Å²) in [5.41, 5.74) is 4.00. The molecule has 0 saturated carbocycles. The average Bonchev–Trinajstić information content (AvgIpc) is 2.10. The van der Waals surface area contributed by atoms with Crippen LogP contribution < -0.4 is 5.73 Å². The van der Waals surface area contributed by atoms with E-state index in [4.69, 9.17) is 28.9 Å². The van der Waals surface area contributed by atoms with Crippen molar-refractivity contribution in [3.8, 4) is 0 Å². The maximum atomic E-state index is 13.2. The highest BCUT2D eigenvalue weighted by molar-refractivity contribution is 6.33. The molecule has 0 saturated heterocycles. The first-order valence-electron chi connectivity index (χ1n) is 3.71. The van der Waals surface area contributed by atoms with Crippen molar-refractivity contribution in [1.82, 2.24) is 0 Å². The maximum absolute atomic E-state index is 13.2. The molecule has 84 valence electrons. The van der Waals surface area contributed by atoms with Crippen LogP contribution in [-0.4, -0.2) is 6.18 Å². The zero-order chi connectivity index (χ0) is 11.8. The Balaban J connectivity index is 3.31. The van der Waals surface area contributed by atoms with Gasteiger partial charge in [0.25, 0.3) is 0 Å². The fraction of sp³-hybridized carbons (Fsp3) is 0.250. The van der Waals surface area contributed by atoms with Crippen molar-refractivity contribution in [3.63, 3.8) is 0 Å². The zero-order valence-electron chi connectivity index (χ0n) is 7.08. The third kappa shape index (κ3) is 2.53. The lowest BCUT2D eigenvalue weighted by molar-refractivity contribution is -0.149. The first-order chi connectivity index (χ1) is 6.75. The Morgan fingerprint density at radius 3 is 2.07 bits per heavy atom. The highest BCUT2D eigenvalue weighted by Gasteiger charge is 2.40. The van der Waals surface area contributed by atoms with Crippen LogP contribution in [0.3, 0.4) is 0 Å². The van der Waals surface area contributed by atoms with Crippen molar-refractivity contribution in [2.45, 2.75) is 12.2 Å². The molecule has 0 heterocycles. The lowest BCUT2D eigenvalue weighted by atomic mass is 10.1. The van der Waals surface area contributed by atoms with Gasteiger partial charge in [-0.3, -0.25) is 0 Å². The Bertz CT molecular complexity index is 378. The summed E-state index contributed by atoms with van der Waals surface area (Å²) in [4.78, 5) is 0. The largest absolute Gasteiger partial charge is 0.407 e. The summed E-state index contributed by atoms with van der Waals surface area (Å²) in [6.45, 7) is 0. The molecule has 1 aromatic carbocycles. The van der Waals surface area contributed by atoms with E-state index in [1.807, 2.05) is 0 Å².